The molecular weight excluding hydrogens is 315 g/mol. The molecule has 3 nitrogen and oxygen atoms in total. The van der Waals surface area contributed by atoms with Crippen LogP contribution >= 0.6 is 0 Å². The minimum atomic E-state index is -0.605. The third kappa shape index (κ3) is 2.66. The summed E-state index contributed by atoms with van der Waals surface area (Å²) >= 11 is 0. The van der Waals surface area contributed by atoms with E-state index in [1.165, 1.54) is 6.07 Å². The maximum atomic E-state index is 14.5. The molecule has 0 aromatic heterocycles. The van der Waals surface area contributed by atoms with Crippen molar-refractivity contribution in [3.8, 4) is 0 Å². The Morgan fingerprint density at radius 2 is 1.60 bits per heavy atom. The van der Waals surface area contributed by atoms with Crippen molar-refractivity contribution in [3.63, 3.8) is 0 Å². The fraction of sp³-hybridized carbons (Fsp3) is 0.0952. The second kappa shape index (κ2) is 6.06. The summed E-state index contributed by atoms with van der Waals surface area (Å²) in [6.45, 7) is 1.99. The zero-order valence-corrected chi connectivity index (χ0v) is 13.7. The Kier molecular flexibility index (Phi) is 3.73. The molecule has 1 amide bonds. The molecule has 3 aromatic carbocycles. The van der Waals surface area contributed by atoms with E-state index in [2.05, 4.69) is 5.32 Å². The average molecular weight is 332 g/mol. The van der Waals surface area contributed by atoms with Crippen LogP contribution in [0.3, 0.4) is 0 Å². The highest BCUT2D eigenvalue weighted by Crippen LogP contribution is 2.37. The van der Waals surface area contributed by atoms with Gasteiger partial charge in [-0.3, -0.25) is 9.69 Å². The second-order valence-electron chi connectivity index (χ2n) is 6.12. The number of nitrogens with zero attached hydrogens (tertiary/aromatic N) is 1. The van der Waals surface area contributed by atoms with Crippen molar-refractivity contribution >= 4 is 17.3 Å². The summed E-state index contributed by atoms with van der Waals surface area (Å²) in [5, 5.41) is 3.31. The van der Waals surface area contributed by atoms with Crippen LogP contribution in [0.5, 0.6) is 0 Å². The highest BCUT2D eigenvalue weighted by molar-refractivity contribution is 6.12. The highest BCUT2D eigenvalue weighted by atomic mass is 19.1. The molecule has 0 fully saturated rings. The van der Waals surface area contributed by atoms with Crippen molar-refractivity contribution in [1.82, 2.24) is 0 Å². The third-order valence-electron chi connectivity index (χ3n) is 4.44. The molecule has 4 rings (SSSR count). The Labute approximate surface area is 145 Å². The number of carbonyl (C=O) groups excluding carboxylic acids is 1. The predicted octanol–water partition coefficient (Wildman–Crippen LogP) is 4.91. The third-order valence-corrected chi connectivity index (χ3v) is 4.44. The summed E-state index contributed by atoms with van der Waals surface area (Å²) in [6.07, 6.45) is -0.605. The number of para-hydroxylation sites is 1. The molecule has 3 aromatic rings. The quantitative estimate of drug-likeness (QED) is 0.723. The van der Waals surface area contributed by atoms with E-state index in [0.29, 0.717) is 16.8 Å². The van der Waals surface area contributed by atoms with Crippen molar-refractivity contribution in [2.45, 2.75) is 13.1 Å². The fourth-order valence-electron chi connectivity index (χ4n) is 3.14. The number of anilines is 2. The van der Waals surface area contributed by atoms with E-state index in [-0.39, 0.29) is 11.7 Å². The molecule has 0 radical (unpaired) electrons. The molecule has 1 unspecified atom stereocenters. The number of hydrogen-bond donors (Lipinski definition) is 1. The Bertz CT molecular complexity index is 937. The summed E-state index contributed by atoms with van der Waals surface area (Å²) in [5.74, 6) is -0.490. The standard InChI is InChI=1S/C21H17FN2O/c1-14-10-12-15(13-11-14)24-20(16-6-2-4-8-18(16)22)23-19-9-5-3-7-17(19)21(24)25/h2-13,20,23H,1H3. The van der Waals surface area contributed by atoms with Gasteiger partial charge in [-0.2, -0.15) is 0 Å². The SMILES string of the molecule is Cc1ccc(N2C(=O)c3ccccc3NC2c2ccccc2F)cc1. The number of halogens is 1. The van der Waals surface area contributed by atoms with Crippen LogP contribution in [0, 0.1) is 12.7 Å². The first-order valence-corrected chi connectivity index (χ1v) is 8.15. The molecule has 0 saturated carbocycles. The van der Waals surface area contributed by atoms with Gasteiger partial charge in [0.25, 0.3) is 5.91 Å². The van der Waals surface area contributed by atoms with E-state index in [1.54, 1.807) is 29.2 Å². The van der Waals surface area contributed by atoms with Crippen LogP contribution in [0.25, 0.3) is 0 Å². The summed E-state index contributed by atoms with van der Waals surface area (Å²) in [6, 6.07) is 21.5. The van der Waals surface area contributed by atoms with Crippen molar-refractivity contribution in [3.05, 3.63) is 95.3 Å². The molecule has 0 aliphatic carbocycles. The van der Waals surface area contributed by atoms with E-state index in [4.69, 9.17) is 0 Å². The van der Waals surface area contributed by atoms with Gasteiger partial charge in [0.15, 0.2) is 0 Å². The fourth-order valence-corrected chi connectivity index (χ4v) is 3.14. The van der Waals surface area contributed by atoms with E-state index < -0.39 is 6.17 Å². The number of aryl methyl sites for hydroxylation is 1. The first kappa shape index (κ1) is 15.4. The van der Waals surface area contributed by atoms with Gasteiger partial charge in [0, 0.05) is 16.9 Å². The number of nitrogens with one attached hydrogen (secondary N) is 1. The molecule has 25 heavy (non-hydrogen) atoms. The normalized spacial score (nSPS) is 16.3. The summed E-state index contributed by atoms with van der Waals surface area (Å²) in [5.41, 5.74) is 3.56. The van der Waals surface area contributed by atoms with Crippen LogP contribution in [0.15, 0.2) is 72.8 Å². The molecule has 0 bridgehead atoms. The minimum absolute atomic E-state index is 0.147. The molecule has 0 spiro atoms. The lowest BCUT2D eigenvalue weighted by atomic mass is 10.0. The number of fused-ring (bicyclic) bond motifs is 1. The summed E-state index contributed by atoms with van der Waals surface area (Å²) < 4.78 is 14.5. The monoisotopic (exact) mass is 332 g/mol. The maximum Gasteiger partial charge on any atom is 0.262 e. The Morgan fingerprint density at radius 3 is 2.36 bits per heavy atom. The first-order chi connectivity index (χ1) is 12.1. The molecule has 1 aliphatic rings. The molecular formula is C21H17FN2O. The zero-order valence-electron chi connectivity index (χ0n) is 13.7. The van der Waals surface area contributed by atoms with Gasteiger partial charge in [0.1, 0.15) is 12.0 Å². The van der Waals surface area contributed by atoms with E-state index in [0.717, 1.165) is 11.3 Å². The Hall–Kier alpha value is -3.14. The van der Waals surface area contributed by atoms with Gasteiger partial charge in [0.2, 0.25) is 0 Å². The van der Waals surface area contributed by atoms with Crippen molar-refractivity contribution < 1.29 is 9.18 Å². The number of amides is 1. The van der Waals surface area contributed by atoms with E-state index in [1.807, 2.05) is 49.4 Å². The topological polar surface area (TPSA) is 32.3 Å². The molecule has 124 valence electrons. The number of rotatable bonds is 2. The number of benzene rings is 3. The van der Waals surface area contributed by atoms with Gasteiger partial charge in [0.05, 0.1) is 5.56 Å². The summed E-state index contributed by atoms with van der Waals surface area (Å²) in [7, 11) is 0. The van der Waals surface area contributed by atoms with Crippen molar-refractivity contribution in [2.75, 3.05) is 10.2 Å². The number of hydrogen-bond acceptors (Lipinski definition) is 2. The zero-order chi connectivity index (χ0) is 17.4. The molecule has 1 atom stereocenters. The molecule has 1 heterocycles. The first-order valence-electron chi connectivity index (χ1n) is 8.15. The molecule has 0 saturated heterocycles. The lowest BCUT2D eigenvalue weighted by Crippen LogP contribution is -2.43. The minimum Gasteiger partial charge on any atom is -0.360 e. The van der Waals surface area contributed by atoms with Crippen LogP contribution in [0.4, 0.5) is 15.8 Å². The van der Waals surface area contributed by atoms with Crippen LogP contribution in [0.1, 0.15) is 27.7 Å². The Morgan fingerprint density at radius 1 is 0.920 bits per heavy atom. The van der Waals surface area contributed by atoms with E-state index >= 15 is 0 Å². The predicted molar refractivity (Wildman–Crippen MR) is 97.2 cm³/mol. The highest BCUT2D eigenvalue weighted by Gasteiger charge is 2.35. The maximum absolute atomic E-state index is 14.5. The lowest BCUT2D eigenvalue weighted by Gasteiger charge is -2.38. The summed E-state index contributed by atoms with van der Waals surface area (Å²) in [4.78, 5) is 14.8. The van der Waals surface area contributed by atoms with Gasteiger partial charge < -0.3 is 5.32 Å². The van der Waals surface area contributed by atoms with Crippen LogP contribution < -0.4 is 10.2 Å². The van der Waals surface area contributed by atoms with Gasteiger partial charge in [-0.15, -0.1) is 0 Å². The average Bonchev–Trinajstić information content (AvgIpc) is 2.63. The second-order valence-corrected chi connectivity index (χ2v) is 6.12. The number of carbonyl (C=O) groups is 1. The van der Waals surface area contributed by atoms with Gasteiger partial charge in [-0.05, 0) is 37.3 Å². The van der Waals surface area contributed by atoms with Crippen LogP contribution in [0.2, 0.25) is 0 Å². The van der Waals surface area contributed by atoms with E-state index in [9.17, 15) is 9.18 Å². The largest absolute Gasteiger partial charge is 0.360 e. The van der Waals surface area contributed by atoms with Crippen LogP contribution in [-0.4, -0.2) is 5.91 Å². The van der Waals surface area contributed by atoms with Gasteiger partial charge in [-0.25, -0.2) is 4.39 Å². The lowest BCUT2D eigenvalue weighted by molar-refractivity contribution is 0.0974. The van der Waals surface area contributed by atoms with Crippen molar-refractivity contribution in [2.24, 2.45) is 0 Å². The van der Waals surface area contributed by atoms with Gasteiger partial charge >= 0.3 is 0 Å². The van der Waals surface area contributed by atoms with Crippen LogP contribution in [-0.2, 0) is 0 Å². The molecule has 1 aliphatic heterocycles. The smallest absolute Gasteiger partial charge is 0.262 e. The molecule has 1 N–H and O–H groups in total. The molecule has 4 heteroatoms. The Balaban J connectivity index is 1.89. The van der Waals surface area contributed by atoms with Gasteiger partial charge in [-0.1, -0.05) is 48.0 Å². The van der Waals surface area contributed by atoms with Crippen molar-refractivity contribution in [1.29, 1.82) is 0 Å².